The van der Waals surface area contributed by atoms with E-state index in [1.165, 1.54) is 0 Å². The molecule has 29 heavy (non-hydrogen) atoms. The van der Waals surface area contributed by atoms with Gasteiger partial charge in [0.05, 0.1) is 19.7 Å². The van der Waals surface area contributed by atoms with E-state index in [-0.39, 0.29) is 19.0 Å². The highest BCUT2D eigenvalue weighted by atomic mass is 35.5. The summed E-state index contributed by atoms with van der Waals surface area (Å²) < 4.78 is 16.8. The first-order valence-electron chi connectivity index (χ1n) is 9.04. The van der Waals surface area contributed by atoms with E-state index in [1.54, 1.807) is 14.2 Å². The number of aliphatic hydroxyl groups excluding tert-OH is 1. The molecule has 1 atom stereocenters. The van der Waals surface area contributed by atoms with Crippen molar-refractivity contribution in [1.82, 2.24) is 15.3 Å². The number of aliphatic hydroxyl groups is 1. The van der Waals surface area contributed by atoms with E-state index in [9.17, 15) is 5.11 Å². The molecule has 0 aliphatic rings. The van der Waals surface area contributed by atoms with Crippen molar-refractivity contribution in [3.63, 3.8) is 0 Å². The highest BCUT2D eigenvalue weighted by molar-refractivity contribution is 7.71. The standard InChI is InChI=1S/C20H25N3O4S.ClH/c1-25-16-7-6-13(10-18(16)26-2)8-9-21-11-14(24)12-27-17-5-3-4-15-19(17)23-20(28)22-15;/h3-7,10,14,21,24H,8-9,11-12H2,1-2H3,(H2,22,23,28);1H. The van der Waals surface area contributed by atoms with E-state index in [0.717, 1.165) is 29.6 Å². The summed E-state index contributed by atoms with van der Waals surface area (Å²) in [5.74, 6) is 2.09. The Hall–Kier alpha value is -2.26. The number of nitrogens with one attached hydrogen (secondary N) is 3. The molecular weight excluding hydrogens is 414 g/mol. The maximum atomic E-state index is 10.2. The highest BCUT2D eigenvalue weighted by Gasteiger charge is 2.09. The van der Waals surface area contributed by atoms with Crippen LogP contribution in [0.4, 0.5) is 0 Å². The number of imidazole rings is 1. The Kier molecular flexibility index (Phi) is 8.78. The smallest absolute Gasteiger partial charge is 0.175 e. The van der Waals surface area contributed by atoms with Gasteiger partial charge in [-0.15, -0.1) is 12.4 Å². The lowest BCUT2D eigenvalue weighted by atomic mass is 10.1. The van der Waals surface area contributed by atoms with Gasteiger partial charge in [0, 0.05) is 6.54 Å². The van der Waals surface area contributed by atoms with E-state index < -0.39 is 6.10 Å². The molecule has 0 spiro atoms. The number of halogens is 1. The monoisotopic (exact) mass is 439 g/mol. The van der Waals surface area contributed by atoms with Gasteiger partial charge in [0.15, 0.2) is 16.3 Å². The van der Waals surface area contributed by atoms with Crippen molar-refractivity contribution in [1.29, 1.82) is 0 Å². The normalized spacial score (nSPS) is 11.7. The molecule has 0 fully saturated rings. The molecule has 1 unspecified atom stereocenters. The highest BCUT2D eigenvalue weighted by Crippen LogP contribution is 2.27. The van der Waals surface area contributed by atoms with Crippen LogP contribution in [0.15, 0.2) is 36.4 Å². The molecule has 7 nitrogen and oxygen atoms in total. The van der Waals surface area contributed by atoms with Crippen molar-refractivity contribution in [2.75, 3.05) is 33.9 Å². The number of H-pyrrole nitrogens is 2. The van der Waals surface area contributed by atoms with Crippen molar-refractivity contribution in [3.8, 4) is 17.2 Å². The number of fused-ring (bicyclic) bond motifs is 1. The molecule has 0 radical (unpaired) electrons. The van der Waals surface area contributed by atoms with Crippen molar-refractivity contribution >= 4 is 35.7 Å². The lowest BCUT2D eigenvalue weighted by Crippen LogP contribution is -2.32. The number of methoxy groups -OCH3 is 2. The summed E-state index contributed by atoms with van der Waals surface area (Å²) in [5.41, 5.74) is 2.82. The predicted molar refractivity (Wildman–Crippen MR) is 118 cm³/mol. The minimum atomic E-state index is -0.623. The van der Waals surface area contributed by atoms with E-state index in [4.69, 9.17) is 26.4 Å². The van der Waals surface area contributed by atoms with Crippen molar-refractivity contribution in [2.24, 2.45) is 0 Å². The zero-order valence-corrected chi connectivity index (χ0v) is 18.0. The van der Waals surface area contributed by atoms with Gasteiger partial charge in [0.25, 0.3) is 0 Å². The Labute approximate surface area is 180 Å². The fourth-order valence-electron chi connectivity index (χ4n) is 2.93. The molecule has 3 aromatic rings. The number of aromatic nitrogens is 2. The van der Waals surface area contributed by atoms with Crippen LogP contribution in [0.25, 0.3) is 11.0 Å². The second-order valence-corrected chi connectivity index (χ2v) is 6.77. The van der Waals surface area contributed by atoms with Crippen LogP contribution in [0.1, 0.15) is 5.56 Å². The number of rotatable bonds is 10. The topological polar surface area (TPSA) is 91.5 Å². The summed E-state index contributed by atoms with van der Waals surface area (Å²) in [6.45, 7) is 1.35. The zero-order valence-electron chi connectivity index (χ0n) is 16.4. The lowest BCUT2D eigenvalue weighted by molar-refractivity contribution is 0.107. The first kappa shape index (κ1) is 23.0. The van der Waals surface area contributed by atoms with Crippen LogP contribution in [-0.2, 0) is 6.42 Å². The van der Waals surface area contributed by atoms with E-state index in [2.05, 4.69) is 15.3 Å². The molecule has 0 bridgehead atoms. The molecule has 1 aromatic heterocycles. The van der Waals surface area contributed by atoms with Crippen LogP contribution < -0.4 is 19.5 Å². The van der Waals surface area contributed by atoms with Gasteiger partial charge in [-0.1, -0.05) is 12.1 Å². The summed E-state index contributed by atoms with van der Waals surface area (Å²) in [6, 6.07) is 11.5. The summed E-state index contributed by atoms with van der Waals surface area (Å²) in [4.78, 5) is 6.10. The van der Waals surface area contributed by atoms with E-state index in [0.29, 0.717) is 28.6 Å². The van der Waals surface area contributed by atoms with Gasteiger partial charge in [-0.05, 0) is 55.0 Å². The van der Waals surface area contributed by atoms with Gasteiger partial charge in [0.1, 0.15) is 24.0 Å². The SMILES string of the molecule is COc1ccc(CCNCC(O)COc2cccc3[nH]c(=S)[nH]c23)cc1OC.Cl. The fourth-order valence-corrected chi connectivity index (χ4v) is 3.15. The van der Waals surface area contributed by atoms with Crippen LogP contribution in [0.5, 0.6) is 17.2 Å². The maximum Gasteiger partial charge on any atom is 0.175 e. The first-order chi connectivity index (χ1) is 13.6. The van der Waals surface area contributed by atoms with E-state index >= 15 is 0 Å². The van der Waals surface area contributed by atoms with Gasteiger partial charge in [-0.3, -0.25) is 0 Å². The molecule has 2 aromatic carbocycles. The lowest BCUT2D eigenvalue weighted by Gasteiger charge is -2.14. The number of aromatic amines is 2. The fraction of sp³-hybridized carbons (Fsp3) is 0.350. The molecular formula is C20H26ClN3O4S. The molecule has 158 valence electrons. The summed E-state index contributed by atoms with van der Waals surface area (Å²) >= 11 is 5.11. The molecule has 0 saturated heterocycles. The number of ether oxygens (including phenoxy) is 3. The third-order valence-electron chi connectivity index (χ3n) is 4.36. The molecule has 0 saturated carbocycles. The quantitative estimate of drug-likeness (QED) is 0.286. The Morgan fingerprint density at radius 1 is 1.07 bits per heavy atom. The summed E-state index contributed by atoms with van der Waals surface area (Å²) in [7, 11) is 3.24. The number of hydrogen-bond donors (Lipinski definition) is 4. The van der Waals surface area contributed by atoms with Crippen LogP contribution >= 0.6 is 24.6 Å². The van der Waals surface area contributed by atoms with Gasteiger partial charge in [-0.2, -0.15) is 0 Å². The number of hydrogen-bond acceptors (Lipinski definition) is 6. The van der Waals surface area contributed by atoms with Crippen LogP contribution in [0.3, 0.4) is 0 Å². The zero-order chi connectivity index (χ0) is 19.9. The first-order valence-corrected chi connectivity index (χ1v) is 9.45. The summed E-state index contributed by atoms with van der Waals surface area (Å²) in [5, 5.41) is 13.4. The van der Waals surface area contributed by atoms with Crippen molar-refractivity contribution in [3.05, 3.63) is 46.7 Å². The third kappa shape index (κ3) is 6.11. The predicted octanol–water partition coefficient (Wildman–Crippen LogP) is 3.24. The maximum absolute atomic E-state index is 10.2. The van der Waals surface area contributed by atoms with Gasteiger partial charge in [0.2, 0.25) is 0 Å². The minimum Gasteiger partial charge on any atom is -0.493 e. The molecule has 4 N–H and O–H groups in total. The molecule has 1 heterocycles. The Morgan fingerprint density at radius 3 is 2.62 bits per heavy atom. The van der Waals surface area contributed by atoms with Crippen molar-refractivity contribution in [2.45, 2.75) is 12.5 Å². The Balaban J connectivity index is 0.00000300. The Morgan fingerprint density at radius 2 is 1.86 bits per heavy atom. The van der Waals surface area contributed by atoms with E-state index in [1.807, 2.05) is 36.4 Å². The molecule has 0 aliphatic carbocycles. The third-order valence-corrected chi connectivity index (χ3v) is 4.57. The Bertz CT molecular complexity index is 976. The molecule has 3 rings (SSSR count). The largest absolute Gasteiger partial charge is 0.493 e. The number of para-hydroxylation sites is 1. The van der Waals surface area contributed by atoms with Crippen LogP contribution in [0.2, 0.25) is 0 Å². The molecule has 9 heteroatoms. The number of benzene rings is 2. The second kappa shape index (κ2) is 11.1. The van der Waals surface area contributed by atoms with Crippen molar-refractivity contribution < 1.29 is 19.3 Å². The van der Waals surface area contributed by atoms with Gasteiger partial charge in [-0.25, -0.2) is 0 Å². The van der Waals surface area contributed by atoms with Gasteiger partial charge < -0.3 is 34.6 Å². The summed E-state index contributed by atoms with van der Waals surface area (Å²) in [6.07, 6.45) is 0.190. The minimum absolute atomic E-state index is 0. The van der Waals surface area contributed by atoms with Gasteiger partial charge >= 0.3 is 0 Å². The molecule has 0 amide bonds. The average Bonchev–Trinajstić information content (AvgIpc) is 3.10. The molecule has 0 aliphatic heterocycles. The average molecular weight is 440 g/mol. The van der Waals surface area contributed by atoms with Crippen LogP contribution in [-0.4, -0.2) is 55.1 Å². The second-order valence-electron chi connectivity index (χ2n) is 6.37. The van der Waals surface area contributed by atoms with Crippen LogP contribution in [0, 0.1) is 4.77 Å².